The van der Waals surface area contributed by atoms with Crippen LogP contribution < -0.4 is 15.1 Å². The smallest absolute Gasteiger partial charge is 0.362 e. The Kier molecular flexibility index (Phi) is 4.94. The average Bonchev–Trinajstić information content (AvgIpc) is 2.84. The van der Waals surface area contributed by atoms with Crippen molar-refractivity contribution in [3.63, 3.8) is 0 Å². The van der Waals surface area contributed by atoms with E-state index in [1.54, 1.807) is 12.1 Å². The van der Waals surface area contributed by atoms with E-state index < -0.39 is 30.5 Å². The van der Waals surface area contributed by atoms with Crippen LogP contribution in [0, 0.1) is 0 Å². The maximum Gasteiger partial charge on any atom is 0.409 e. The molecule has 1 atom stereocenters. The first kappa shape index (κ1) is 19.3. The molecule has 0 saturated heterocycles. The summed E-state index contributed by atoms with van der Waals surface area (Å²) < 4.78 is 41.5. The number of fused-ring (bicyclic) bond motifs is 2. The lowest BCUT2D eigenvalue weighted by Crippen LogP contribution is -2.53. The largest absolute Gasteiger partial charge is 0.409 e. The highest BCUT2D eigenvalue weighted by molar-refractivity contribution is 6.05. The van der Waals surface area contributed by atoms with Crippen molar-refractivity contribution in [1.29, 1.82) is 0 Å². The Morgan fingerprint density at radius 2 is 1.76 bits per heavy atom. The van der Waals surface area contributed by atoms with Gasteiger partial charge >= 0.3 is 6.18 Å². The maximum absolute atomic E-state index is 13.8. The van der Waals surface area contributed by atoms with Crippen LogP contribution >= 0.6 is 0 Å². The van der Waals surface area contributed by atoms with Crippen LogP contribution in [0.2, 0.25) is 0 Å². The number of para-hydroxylation sites is 3. The number of nitrogens with zero attached hydrogens (tertiary/aromatic N) is 2. The van der Waals surface area contributed by atoms with Crippen molar-refractivity contribution in [3.05, 3.63) is 54.1 Å². The molecule has 0 fully saturated rings. The van der Waals surface area contributed by atoms with E-state index in [-0.39, 0.29) is 17.9 Å². The van der Waals surface area contributed by atoms with Gasteiger partial charge in [-0.2, -0.15) is 13.2 Å². The van der Waals surface area contributed by atoms with Gasteiger partial charge in [-0.15, -0.1) is 0 Å². The van der Waals surface area contributed by atoms with Crippen LogP contribution in [0.4, 0.5) is 30.2 Å². The molecule has 2 aromatic carbocycles. The maximum atomic E-state index is 13.8. The van der Waals surface area contributed by atoms with Crippen molar-refractivity contribution >= 4 is 28.9 Å². The van der Waals surface area contributed by atoms with Crippen LogP contribution in [0.1, 0.15) is 18.4 Å². The summed E-state index contributed by atoms with van der Waals surface area (Å²) in [5.41, 5.74) is 2.22. The number of amides is 2. The number of benzene rings is 2. The average molecular weight is 403 g/mol. The number of hydrogen-bond donors (Lipinski definition) is 1. The van der Waals surface area contributed by atoms with Crippen LogP contribution in [0.3, 0.4) is 0 Å². The van der Waals surface area contributed by atoms with Crippen molar-refractivity contribution in [2.45, 2.75) is 31.5 Å². The highest BCUT2D eigenvalue weighted by atomic mass is 19.4. The van der Waals surface area contributed by atoms with Gasteiger partial charge in [0.1, 0.15) is 6.04 Å². The highest BCUT2D eigenvalue weighted by Crippen LogP contribution is 2.38. The van der Waals surface area contributed by atoms with E-state index in [9.17, 15) is 22.8 Å². The number of anilines is 3. The van der Waals surface area contributed by atoms with Crippen molar-refractivity contribution in [2.75, 3.05) is 28.2 Å². The second-order valence-electron chi connectivity index (χ2n) is 7.24. The minimum atomic E-state index is -4.73. The molecule has 1 N–H and O–H groups in total. The Hall–Kier alpha value is -3.03. The van der Waals surface area contributed by atoms with Crippen molar-refractivity contribution in [1.82, 2.24) is 0 Å². The zero-order valence-electron chi connectivity index (χ0n) is 15.6. The predicted molar refractivity (Wildman–Crippen MR) is 104 cm³/mol. The predicted octanol–water partition coefficient (Wildman–Crippen LogP) is 3.75. The third-order valence-corrected chi connectivity index (χ3v) is 5.31. The number of aryl methyl sites for hydroxylation is 1. The van der Waals surface area contributed by atoms with Crippen LogP contribution in [0.5, 0.6) is 0 Å². The van der Waals surface area contributed by atoms with E-state index in [0.717, 1.165) is 29.0 Å². The molecule has 0 radical (unpaired) electrons. The number of carbonyl (C=O) groups is 2. The van der Waals surface area contributed by atoms with Crippen molar-refractivity contribution in [2.24, 2.45) is 0 Å². The molecule has 2 aliphatic heterocycles. The van der Waals surface area contributed by atoms with Gasteiger partial charge in [-0.05, 0) is 36.6 Å². The summed E-state index contributed by atoms with van der Waals surface area (Å²) in [7, 11) is 0. The highest BCUT2D eigenvalue weighted by Gasteiger charge is 2.49. The molecule has 2 aliphatic rings. The minimum absolute atomic E-state index is 0.0657. The molecule has 4 rings (SSSR count). The third kappa shape index (κ3) is 3.79. The first-order valence-electron chi connectivity index (χ1n) is 9.45. The van der Waals surface area contributed by atoms with Gasteiger partial charge in [-0.1, -0.05) is 30.3 Å². The van der Waals surface area contributed by atoms with Crippen molar-refractivity contribution < 1.29 is 22.8 Å². The van der Waals surface area contributed by atoms with Gasteiger partial charge in [0.25, 0.3) is 0 Å². The topological polar surface area (TPSA) is 52.7 Å². The number of nitrogens with one attached hydrogen (secondary N) is 1. The van der Waals surface area contributed by atoms with Crippen molar-refractivity contribution in [3.8, 4) is 0 Å². The van der Waals surface area contributed by atoms with Crippen LogP contribution in [0.15, 0.2) is 48.5 Å². The zero-order valence-corrected chi connectivity index (χ0v) is 15.6. The molecule has 2 heterocycles. The molecule has 29 heavy (non-hydrogen) atoms. The zero-order chi connectivity index (χ0) is 20.6. The summed E-state index contributed by atoms with van der Waals surface area (Å²) in [5.74, 6) is -1.45. The van der Waals surface area contributed by atoms with Gasteiger partial charge in [0.15, 0.2) is 0 Å². The lowest BCUT2D eigenvalue weighted by atomic mass is 10.0. The van der Waals surface area contributed by atoms with E-state index in [2.05, 4.69) is 5.32 Å². The normalized spacial score (nSPS) is 19.1. The van der Waals surface area contributed by atoms with Gasteiger partial charge in [-0.25, -0.2) is 0 Å². The van der Waals surface area contributed by atoms with E-state index in [1.165, 1.54) is 12.1 Å². The Morgan fingerprint density at radius 3 is 2.52 bits per heavy atom. The van der Waals surface area contributed by atoms with E-state index >= 15 is 0 Å². The number of carbonyl (C=O) groups excluding carboxylic acids is 2. The van der Waals surface area contributed by atoms with Gasteiger partial charge in [-0.3, -0.25) is 14.5 Å². The molecular weight excluding hydrogens is 383 g/mol. The first-order valence-corrected chi connectivity index (χ1v) is 9.45. The lowest BCUT2D eigenvalue weighted by Gasteiger charge is -2.36. The minimum Gasteiger partial charge on any atom is -0.362 e. The SMILES string of the molecule is O=C1CC(C(F)(F)F)N(C(=O)CN2CCCc3ccccc32)c2ccccc2N1. The lowest BCUT2D eigenvalue weighted by molar-refractivity contribution is -0.157. The van der Waals surface area contributed by atoms with Gasteiger partial charge in [0.05, 0.1) is 24.3 Å². The summed E-state index contributed by atoms with van der Waals surface area (Å²) in [4.78, 5) is 27.8. The summed E-state index contributed by atoms with van der Waals surface area (Å²) in [6.45, 7) is 0.401. The number of hydrogen-bond acceptors (Lipinski definition) is 3. The molecule has 152 valence electrons. The Balaban J connectivity index is 1.71. The van der Waals surface area contributed by atoms with E-state index in [1.807, 2.05) is 29.2 Å². The molecule has 0 spiro atoms. The van der Waals surface area contributed by atoms with E-state index in [0.29, 0.717) is 6.54 Å². The number of halogens is 3. The molecule has 8 heteroatoms. The summed E-state index contributed by atoms with van der Waals surface area (Å²) >= 11 is 0. The third-order valence-electron chi connectivity index (χ3n) is 5.31. The van der Waals surface area contributed by atoms with Crippen LogP contribution in [0.25, 0.3) is 0 Å². The quantitative estimate of drug-likeness (QED) is 0.831. The second-order valence-corrected chi connectivity index (χ2v) is 7.24. The molecule has 5 nitrogen and oxygen atoms in total. The Morgan fingerprint density at radius 1 is 1.07 bits per heavy atom. The summed E-state index contributed by atoms with van der Waals surface area (Å²) in [6.07, 6.45) is -3.87. The molecule has 2 aromatic rings. The molecular formula is C21H20F3N3O2. The van der Waals surface area contributed by atoms with Gasteiger partial charge < -0.3 is 10.2 Å². The number of rotatable bonds is 2. The Labute approximate surface area is 166 Å². The van der Waals surface area contributed by atoms with Gasteiger partial charge in [0, 0.05) is 12.2 Å². The fraction of sp³-hybridized carbons (Fsp3) is 0.333. The van der Waals surface area contributed by atoms with Gasteiger partial charge in [0.2, 0.25) is 11.8 Å². The molecule has 0 bridgehead atoms. The van der Waals surface area contributed by atoms with Crippen LogP contribution in [-0.2, 0) is 16.0 Å². The molecule has 2 amide bonds. The molecule has 0 aliphatic carbocycles. The monoisotopic (exact) mass is 403 g/mol. The standard InChI is InChI=1S/C21H20F3N3O2/c22-21(23,24)18-12-19(28)25-15-8-2-4-10-17(15)27(18)20(29)13-26-11-5-7-14-6-1-3-9-16(14)26/h1-4,6,8-10,18H,5,7,11-13H2,(H,25,28). The fourth-order valence-electron chi connectivity index (χ4n) is 4.01. The molecule has 1 unspecified atom stereocenters. The Bertz CT molecular complexity index is 945. The fourth-order valence-corrected chi connectivity index (χ4v) is 4.01. The second kappa shape index (κ2) is 7.42. The first-order chi connectivity index (χ1) is 13.8. The molecule has 0 aromatic heterocycles. The van der Waals surface area contributed by atoms with Crippen LogP contribution in [-0.4, -0.2) is 37.1 Å². The number of alkyl halides is 3. The van der Waals surface area contributed by atoms with E-state index in [4.69, 9.17) is 0 Å². The summed E-state index contributed by atoms with van der Waals surface area (Å²) in [6, 6.07) is 11.5. The molecule has 0 saturated carbocycles. The summed E-state index contributed by atoms with van der Waals surface area (Å²) in [5, 5.41) is 2.48.